The molecular formula is C12H17ClN2. The maximum Gasteiger partial charge on any atom is 0.131 e. The van der Waals surface area contributed by atoms with Gasteiger partial charge in [-0.3, -0.25) is 0 Å². The number of hydrogen-bond donors (Lipinski definition) is 0. The number of piperidine rings is 1. The molecule has 0 N–H and O–H groups in total. The number of rotatable bonds is 1. The molecule has 1 aromatic rings. The first-order chi connectivity index (χ1) is 7.16. The minimum atomic E-state index is 0.581. The lowest BCUT2D eigenvalue weighted by Crippen LogP contribution is -2.41. The Hall–Kier alpha value is -0.760. The summed E-state index contributed by atoms with van der Waals surface area (Å²) in [6.07, 6.45) is 4.38. The van der Waals surface area contributed by atoms with Crippen LogP contribution in [0.5, 0.6) is 0 Å². The van der Waals surface area contributed by atoms with Crippen molar-refractivity contribution in [2.75, 3.05) is 11.4 Å². The Kier molecular flexibility index (Phi) is 3.15. The first kappa shape index (κ1) is 10.7. The van der Waals surface area contributed by atoms with Gasteiger partial charge in [-0.1, -0.05) is 18.5 Å². The predicted molar refractivity (Wildman–Crippen MR) is 64.5 cm³/mol. The molecule has 2 unspecified atom stereocenters. The number of nitrogens with zero attached hydrogens (tertiary/aromatic N) is 2. The van der Waals surface area contributed by atoms with Crippen LogP contribution in [-0.2, 0) is 0 Å². The largest absolute Gasteiger partial charge is 0.368 e. The number of anilines is 1. The van der Waals surface area contributed by atoms with Crippen LogP contribution in [0.25, 0.3) is 0 Å². The zero-order chi connectivity index (χ0) is 10.8. The van der Waals surface area contributed by atoms with E-state index in [1.54, 1.807) is 6.20 Å². The summed E-state index contributed by atoms with van der Waals surface area (Å²) in [5.41, 5.74) is 1.20. The second-order valence-electron chi connectivity index (χ2n) is 4.52. The summed E-state index contributed by atoms with van der Waals surface area (Å²) in [7, 11) is 0. The number of halogens is 1. The van der Waals surface area contributed by atoms with Crippen molar-refractivity contribution in [1.82, 2.24) is 4.98 Å². The van der Waals surface area contributed by atoms with Gasteiger partial charge in [-0.2, -0.15) is 0 Å². The second-order valence-corrected chi connectivity index (χ2v) is 4.91. The fourth-order valence-electron chi connectivity index (χ4n) is 2.22. The Morgan fingerprint density at radius 3 is 2.93 bits per heavy atom. The molecule has 0 amide bonds. The van der Waals surface area contributed by atoms with Crippen LogP contribution >= 0.6 is 11.6 Å². The average molecular weight is 225 g/mol. The van der Waals surface area contributed by atoms with E-state index in [1.165, 1.54) is 18.5 Å². The summed E-state index contributed by atoms with van der Waals surface area (Å²) in [6.45, 7) is 5.71. The normalized spacial score (nSPS) is 26.7. The summed E-state index contributed by atoms with van der Waals surface area (Å²) in [5.74, 6) is 0.771. The van der Waals surface area contributed by atoms with Crippen molar-refractivity contribution in [2.45, 2.75) is 32.7 Å². The van der Waals surface area contributed by atoms with Gasteiger partial charge in [0.1, 0.15) is 5.15 Å². The van der Waals surface area contributed by atoms with Crippen molar-refractivity contribution < 1.29 is 0 Å². The van der Waals surface area contributed by atoms with E-state index in [1.807, 2.05) is 12.1 Å². The van der Waals surface area contributed by atoms with Gasteiger partial charge < -0.3 is 4.90 Å². The summed E-state index contributed by atoms with van der Waals surface area (Å²) in [5, 5.41) is 0.581. The smallest absolute Gasteiger partial charge is 0.131 e. The summed E-state index contributed by atoms with van der Waals surface area (Å²) < 4.78 is 0. The van der Waals surface area contributed by atoms with Gasteiger partial charge in [-0.05, 0) is 37.8 Å². The number of hydrogen-bond acceptors (Lipinski definition) is 2. The minimum absolute atomic E-state index is 0.581. The van der Waals surface area contributed by atoms with Gasteiger partial charge in [0.15, 0.2) is 0 Å². The molecule has 82 valence electrons. The number of aromatic nitrogens is 1. The Morgan fingerprint density at radius 1 is 1.40 bits per heavy atom. The zero-order valence-corrected chi connectivity index (χ0v) is 10.0. The van der Waals surface area contributed by atoms with E-state index in [2.05, 4.69) is 23.7 Å². The lowest BCUT2D eigenvalue weighted by atomic mass is 9.94. The highest BCUT2D eigenvalue weighted by molar-refractivity contribution is 6.29. The second kappa shape index (κ2) is 4.40. The van der Waals surface area contributed by atoms with E-state index >= 15 is 0 Å². The fourth-order valence-corrected chi connectivity index (χ4v) is 2.39. The third kappa shape index (κ3) is 2.43. The van der Waals surface area contributed by atoms with Gasteiger partial charge in [-0.25, -0.2) is 4.98 Å². The van der Waals surface area contributed by atoms with E-state index in [4.69, 9.17) is 11.6 Å². The Balaban J connectivity index is 2.21. The van der Waals surface area contributed by atoms with Crippen molar-refractivity contribution in [3.05, 3.63) is 23.5 Å². The first-order valence-corrected chi connectivity index (χ1v) is 5.93. The lowest BCUT2D eigenvalue weighted by molar-refractivity contribution is 0.390. The highest BCUT2D eigenvalue weighted by atomic mass is 35.5. The monoisotopic (exact) mass is 224 g/mol. The molecule has 0 aliphatic carbocycles. The van der Waals surface area contributed by atoms with Gasteiger partial charge in [0.2, 0.25) is 0 Å². The molecule has 0 spiro atoms. The molecule has 0 aromatic carbocycles. The molecule has 2 nitrogen and oxygen atoms in total. The average Bonchev–Trinajstić information content (AvgIpc) is 2.22. The summed E-state index contributed by atoms with van der Waals surface area (Å²) in [6, 6.07) is 4.61. The van der Waals surface area contributed by atoms with Crippen LogP contribution in [0.1, 0.15) is 26.7 Å². The Morgan fingerprint density at radius 2 is 2.20 bits per heavy atom. The van der Waals surface area contributed by atoms with Crippen LogP contribution in [0, 0.1) is 5.92 Å². The number of pyridine rings is 1. The van der Waals surface area contributed by atoms with Gasteiger partial charge in [0.25, 0.3) is 0 Å². The van der Waals surface area contributed by atoms with Crippen molar-refractivity contribution >= 4 is 17.3 Å². The SMILES string of the molecule is CC1CCC(C)N(c2ccnc(Cl)c2)C1. The predicted octanol–water partition coefficient (Wildman–Crippen LogP) is 3.36. The highest BCUT2D eigenvalue weighted by Gasteiger charge is 2.22. The molecule has 2 heterocycles. The molecule has 1 fully saturated rings. The molecule has 1 aliphatic heterocycles. The standard InChI is InChI=1S/C12H17ClN2/c1-9-3-4-10(2)15(8-9)11-5-6-14-12(13)7-11/h5-7,9-10H,3-4,8H2,1-2H3. The van der Waals surface area contributed by atoms with Gasteiger partial charge in [0.05, 0.1) is 0 Å². The molecule has 15 heavy (non-hydrogen) atoms. The van der Waals surface area contributed by atoms with Crippen molar-refractivity contribution in [1.29, 1.82) is 0 Å². The van der Waals surface area contributed by atoms with E-state index in [-0.39, 0.29) is 0 Å². The van der Waals surface area contributed by atoms with Crippen LogP contribution in [0.2, 0.25) is 5.15 Å². The molecule has 1 aliphatic rings. The van der Waals surface area contributed by atoms with E-state index in [9.17, 15) is 0 Å². The van der Waals surface area contributed by atoms with Crippen molar-refractivity contribution in [3.63, 3.8) is 0 Å². The van der Waals surface area contributed by atoms with Crippen LogP contribution in [0.4, 0.5) is 5.69 Å². The van der Waals surface area contributed by atoms with E-state index in [0.717, 1.165) is 12.5 Å². The third-order valence-corrected chi connectivity index (χ3v) is 3.37. The van der Waals surface area contributed by atoms with Crippen molar-refractivity contribution in [3.8, 4) is 0 Å². The summed E-state index contributed by atoms with van der Waals surface area (Å²) in [4.78, 5) is 6.45. The fraction of sp³-hybridized carbons (Fsp3) is 0.583. The quantitative estimate of drug-likeness (QED) is 0.680. The maximum absolute atomic E-state index is 5.91. The minimum Gasteiger partial charge on any atom is -0.368 e. The van der Waals surface area contributed by atoms with Crippen molar-refractivity contribution in [2.24, 2.45) is 5.92 Å². The van der Waals surface area contributed by atoms with Crippen LogP contribution < -0.4 is 4.90 Å². The molecule has 1 saturated heterocycles. The topological polar surface area (TPSA) is 16.1 Å². The molecule has 0 bridgehead atoms. The molecule has 3 heteroatoms. The maximum atomic E-state index is 5.91. The molecule has 0 radical (unpaired) electrons. The van der Waals surface area contributed by atoms with Crippen LogP contribution in [0.15, 0.2) is 18.3 Å². The lowest BCUT2D eigenvalue weighted by Gasteiger charge is -2.38. The van der Waals surface area contributed by atoms with Gasteiger partial charge in [-0.15, -0.1) is 0 Å². The highest BCUT2D eigenvalue weighted by Crippen LogP contribution is 2.28. The van der Waals surface area contributed by atoms with E-state index in [0.29, 0.717) is 11.2 Å². The third-order valence-electron chi connectivity index (χ3n) is 3.16. The molecular weight excluding hydrogens is 208 g/mol. The summed E-state index contributed by atoms with van der Waals surface area (Å²) >= 11 is 5.91. The van der Waals surface area contributed by atoms with Crippen LogP contribution in [-0.4, -0.2) is 17.6 Å². The molecule has 2 rings (SSSR count). The van der Waals surface area contributed by atoms with E-state index < -0.39 is 0 Å². The van der Waals surface area contributed by atoms with Crippen LogP contribution in [0.3, 0.4) is 0 Å². The zero-order valence-electron chi connectivity index (χ0n) is 9.28. The first-order valence-electron chi connectivity index (χ1n) is 5.55. The van der Waals surface area contributed by atoms with Gasteiger partial charge in [0, 0.05) is 24.5 Å². The van der Waals surface area contributed by atoms with Gasteiger partial charge >= 0.3 is 0 Å². The Labute approximate surface area is 96.3 Å². The molecule has 2 atom stereocenters. The molecule has 1 aromatic heterocycles. The Bertz CT molecular complexity index is 340. The molecule has 0 saturated carbocycles.